The Bertz CT molecular complexity index is 608. The zero-order valence-corrected chi connectivity index (χ0v) is 12.2. The van der Waals surface area contributed by atoms with Crippen LogP contribution in [0, 0.1) is 11.6 Å². The van der Waals surface area contributed by atoms with Crippen LogP contribution in [0.1, 0.15) is 28.9 Å². The fraction of sp³-hybridized carbons (Fsp3) is 0.133. The Balaban J connectivity index is 2.17. The summed E-state index contributed by atoms with van der Waals surface area (Å²) in [5.41, 5.74) is 0.702. The molecule has 1 atom stereocenters. The molecule has 2 nitrogen and oxygen atoms in total. The number of carbonyl (C=O) groups is 1. The van der Waals surface area contributed by atoms with Crippen LogP contribution >= 0.6 is 15.9 Å². The molecule has 0 saturated heterocycles. The molecule has 1 N–H and O–H groups in total. The Hall–Kier alpha value is -1.75. The molecule has 0 aliphatic carbocycles. The zero-order valence-electron chi connectivity index (χ0n) is 10.7. The van der Waals surface area contributed by atoms with Gasteiger partial charge in [-0.15, -0.1) is 0 Å². The van der Waals surface area contributed by atoms with Gasteiger partial charge in [0, 0.05) is 4.47 Å². The third-order valence-corrected chi connectivity index (χ3v) is 3.57. The van der Waals surface area contributed by atoms with Crippen molar-refractivity contribution in [3.63, 3.8) is 0 Å². The summed E-state index contributed by atoms with van der Waals surface area (Å²) in [4.78, 5) is 12.1. The maximum absolute atomic E-state index is 13.7. The second-order valence-corrected chi connectivity index (χ2v) is 5.20. The summed E-state index contributed by atoms with van der Waals surface area (Å²) in [7, 11) is 0. The molecule has 2 aromatic rings. The highest BCUT2D eigenvalue weighted by molar-refractivity contribution is 9.10. The molecule has 0 fully saturated rings. The molecule has 104 valence electrons. The summed E-state index contributed by atoms with van der Waals surface area (Å²) < 4.78 is 26.9. The van der Waals surface area contributed by atoms with Crippen LogP contribution in [0.25, 0.3) is 0 Å². The van der Waals surface area contributed by atoms with Gasteiger partial charge in [-0.1, -0.05) is 18.2 Å². The summed E-state index contributed by atoms with van der Waals surface area (Å²) in [5, 5.41) is 2.68. The number of carbonyl (C=O) groups excluding carboxylic acids is 1. The quantitative estimate of drug-likeness (QED) is 0.891. The first kappa shape index (κ1) is 14.7. The highest BCUT2D eigenvalue weighted by atomic mass is 79.9. The van der Waals surface area contributed by atoms with Gasteiger partial charge in [-0.3, -0.25) is 4.79 Å². The lowest BCUT2D eigenvalue weighted by Crippen LogP contribution is -2.27. The predicted octanol–water partition coefficient (Wildman–Crippen LogP) is 4.22. The minimum atomic E-state index is -0.594. The second-order valence-electron chi connectivity index (χ2n) is 4.34. The van der Waals surface area contributed by atoms with Gasteiger partial charge in [0.25, 0.3) is 5.91 Å². The smallest absolute Gasteiger partial charge is 0.255 e. The SMILES string of the molecule is CC(NC(=O)c1c(F)cccc1Br)c1ccc(F)cc1. The first-order chi connectivity index (χ1) is 9.49. The topological polar surface area (TPSA) is 29.1 Å². The van der Waals surface area contributed by atoms with E-state index < -0.39 is 11.7 Å². The fourth-order valence-corrected chi connectivity index (χ4v) is 2.34. The molecule has 0 heterocycles. The van der Waals surface area contributed by atoms with E-state index in [9.17, 15) is 13.6 Å². The van der Waals surface area contributed by atoms with Crippen molar-refractivity contribution in [3.8, 4) is 0 Å². The van der Waals surface area contributed by atoms with Gasteiger partial charge in [0.15, 0.2) is 0 Å². The van der Waals surface area contributed by atoms with Crippen molar-refractivity contribution in [3.05, 3.63) is 69.7 Å². The van der Waals surface area contributed by atoms with Crippen LogP contribution in [-0.2, 0) is 0 Å². The lowest BCUT2D eigenvalue weighted by atomic mass is 10.1. The van der Waals surface area contributed by atoms with Crippen molar-refractivity contribution in [2.45, 2.75) is 13.0 Å². The molecule has 5 heteroatoms. The van der Waals surface area contributed by atoms with E-state index in [2.05, 4.69) is 21.2 Å². The van der Waals surface area contributed by atoms with Gasteiger partial charge >= 0.3 is 0 Å². The van der Waals surface area contributed by atoms with Crippen molar-refractivity contribution in [2.75, 3.05) is 0 Å². The van der Waals surface area contributed by atoms with E-state index in [4.69, 9.17) is 0 Å². The molecule has 0 aliphatic heterocycles. The van der Waals surface area contributed by atoms with Crippen LogP contribution in [0.2, 0.25) is 0 Å². The van der Waals surface area contributed by atoms with E-state index in [1.165, 1.54) is 24.3 Å². The molecule has 1 unspecified atom stereocenters. The maximum Gasteiger partial charge on any atom is 0.255 e. The third-order valence-electron chi connectivity index (χ3n) is 2.91. The Labute approximate surface area is 123 Å². The predicted molar refractivity (Wildman–Crippen MR) is 76.4 cm³/mol. The Morgan fingerprint density at radius 2 is 1.80 bits per heavy atom. The second kappa shape index (κ2) is 6.13. The molecular weight excluding hydrogens is 328 g/mol. The number of halogens is 3. The van der Waals surface area contributed by atoms with Crippen LogP contribution in [0.5, 0.6) is 0 Å². The van der Waals surface area contributed by atoms with E-state index in [1.54, 1.807) is 25.1 Å². The van der Waals surface area contributed by atoms with Gasteiger partial charge in [-0.25, -0.2) is 8.78 Å². The van der Waals surface area contributed by atoms with E-state index >= 15 is 0 Å². The molecule has 0 saturated carbocycles. The first-order valence-corrected chi connectivity index (χ1v) is 6.78. The number of rotatable bonds is 3. The van der Waals surface area contributed by atoms with Crippen LogP contribution in [0.3, 0.4) is 0 Å². The summed E-state index contributed by atoms with van der Waals surface area (Å²) in [5.74, 6) is -1.46. The average molecular weight is 340 g/mol. The van der Waals surface area contributed by atoms with E-state index in [1.807, 2.05) is 0 Å². The zero-order chi connectivity index (χ0) is 14.7. The van der Waals surface area contributed by atoms with Crippen molar-refractivity contribution in [1.82, 2.24) is 5.32 Å². The highest BCUT2D eigenvalue weighted by Gasteiger charge is 2.17. The monoisotopic (exact) mass is 339 g/mol. The third kappa shape index (κ3) is 3.22. The van der Waals surface area contributed by atoms with Gasteiger partial charge in [0.05, 0.1) is 11.6 Å². The summed E-state index contributed by atoms with van der Waals surface area (Å²) in [6.07, 6.45) is 0. The minimum Gasteiger partial charge on any atom is -0.345 e. The van der Waals surface area contributed by atoms with E-state index in [-0.39, 0.29) is 17.4 Å². The molecule has 0 bridgehead atoms. The highest BCUT2D eigenvalue weighted by Crippen LogP contribution is 2.21. The van der Waals surface area contributed by atoms with E-state index in [0.29, 0.717) is 4.47 Å². The number of benzene rings is 2. The standard InChI is InChI=1S/C15H12BrF2NO/c1-9(10-5-7-11(17)8-6-10)19-15(20)14-12(16)3-2-4-13(14)18/h2-9H,1H3,(H,19,20). The van der Waals surface area contributed by atoms with Gasteiger partial charge in [-0.2, -0.15) is 0 Å². The molecule has 0 radical (unpaired) electrons. The van der Waals surface area contributed by atoms with Crippen LogP contribution < -0.4 is 5.32 Å². The van der Waals surface area contributed by atoms with Gasteiger partial charge < -0.3 is 5.32 Å². The number of hydrogen-bond acceptors (Lipinski definition) is 1. The number of hydrogen-bond donors (Lipinski definition) is 1. The van der Waals surface area contributed by atoms with Crippen molar-refractivity contribution >= 4 is 21.8 Å². The molecule has 1 amide bonds. The lowest BCUT2D eigenvalue weighted by molar-refractivity contribution is 0.0935. The van der Waals surface area contributed by atoms with Gasteiger partial charge in [-0.05, 0) is 52.7 Å². The molecule has 2 rings (SSSR count). The van der Waals surface area contributed by atoms with Gasteiger partial charge in [0.1, 0.15) is 11.6 Å². The summed E-state index contributed by atoms with van der Waals surface area (Å²) >= 11 is 3.15. The van der Waals surface area contributed by atoms with Gasteiger partial charge in [0.2, 0.25) is 0 Å². The average Bonchev–Trinajstić information content (AvgIpc) is 2.39. The first-order valence-electron chi connectivity index (χ1n) is 5.99. The summed E-state index contributed by atoms with van der Waals surface area (Å²) in [6, 6.07) is 9.78. The van der Waals surface area contributed by atoms with Crippen LogP contribution in [0.4, 0.5) is 8.78 Å². The van der Waals surface area contributed by atoms with E-state index in [0.717, 1.165) is 5.56 Å². The molecule has 2 aromatic carbocycles. The normalized spacial score (nSPS) is 12.0. The minimum absolute atomic E-state index is 0.0403. The van der Waals surface area contributed by atoms with Crippen LogP contribution in [0.15, 0.2) is 46.9 Å². The van der Waals surface area contributed by atoms with Crippen molar-refractivity contribution < 1.29 is 13.6 Å². The van der Waals surface area contributed by atoms with Crippen molar-refractivity contribution in [2.24, 2.45) is 0 Å². The van der Waals surface area contributed by atoms with Crippen molar-refractivity contribution in [1.29, 1.82) is 0 Å². The fourth-order valence-electron chi connectivity index (χ4n) is 1.82. The molecular formula is C15H12BrF2NO. The lowest BCUT2D eigenvalue weighted by Gasteiger charge is -2.15. The molecule has 0 aromatic heterocycles. The largest absolute Gasteiger partial charge is 0.345 e. The Morgan fingerprint density at radius 3 is 2.40 bits per heavy atom. The maximum atomic E-state index is 13.7. The number of nitrogens with one attached hydrogen (secondary N) is 1. The number of amides is 1. The summed E-state index contributed by atoms with van der Waals surface area (Å²) in [6.45, 7) is 1.75. The molecule has 0 aliphatic rings. The molecule has 20 heavy (non-hydrogen) atoms. The van der Waals surface area contributed by atoms with Crippen LogP contribution in [-0.4, -0.2) is 5.91 Å². The Morgan fingerprint density at radius 1 is 1.15 bits per heavy atom. The Kier molecular flexibility index (Phi) is 4.49. The molecule has 0 spiro atoms.